The minimum absolute atomic E-state index is 0.183. The minimum Gasteiger partial charge on any atom is -0.512 e. The van der Waals surface area contributed by atoms with Gasteiger partial charge in [-0.2, -0.15) is 0 Å². The highest BCUT2D eigenvalue weighted by Crippen LogP contribution is 2.07. The molecule has 0 saturated carbocycles. The summed E-state index contributed by atoms with van der Waals surface area (Å²) in [5.41, 5.74) is 0. The van der Waals surface area contributed by atoms with Gasteiger partial charge in [0, 0.05) is 19.3 Å². The van der Waals surface area contributed by atoms with Crippen LogP contribution in [0.5, 0.6) is 0 Å². The topological polar surface area (TPSA) is 77.8 Å². The quantitative estimate of drug-likeness (QED) is 0.207. The lowest BCUT2D eigenvalue weighted by Gasteiger charge is -1.97. The second kappa shape index (κ2) is 15.9. The van der Waals surface area contributed by atoms with Crippen molar-refractivity contribution < 1.29 is 20.1 Å². The first-order chi connectivity index (χ1) is 11.6. The fourth-order valence-corrected chi connectivity index (χ4v) is 2.01. The molecule has 0 aromatic heterocycles. The minimum atomic E-state index is -0.775. The molecule has 0 unspecified atom stereocenters. The van der Waals surface area contributed by atoms with Gasteiger partial charge in [-0.1, -0.05) is 44.1 Å². The van der Waals surface area contributed by atoms with Crippen LogP contribution in [-0.2, 0) is 4.79 Å². The Hall–Kier alpha value is -1.97. The second-order valence-corrected chi connectivity index (χ2v) is 5.76. The molecule has 0 heterocycles. The lowest BCUT2D eigenvalue weighted by Crippen LogP contribution is -1.92. The van der Waals surface area contributed by atoms with Crippen molar-refractivity contribution in [2.45, 2.75) is 71.1 Å². The molecule has 4 nitrogen and oxygen atoms in total. The van der Waals surface area contributed by atoms with Crippen molar-refractivity contribution in [2.24, 2.45) is 0 Å². The lowest BCUT2D eigenvalue weighted by atomic mass is 10.2. The summed E-state index contributed by atoms with van der Waals surface area (Å²) in [6, 6.07) is 0. The van der Waals surface area contributed by atoms with Gasteiger partial charge in [0.2, 0.25) is 0 Å². The van der Waals surface area contributed by atoms with E-state index < -0.39 is 5.97 Å². The Morgan fingerprint density at radius 2 is 1.46 bits per heavy atom. The molecule has 0 aliphatic rings. The van der Waals surface area contributed by atoms with E-state index in [1.807, 2.05) is 18.2 Å². The molecule has 0 bridgehead atoms. The highest BCUT2D eigenvalue weighted by Gasteiger charge is 1.94. The smallest absolute Gasteiger partial charge is 0.303 e. The molecule has 0 aromatic carbocycles. The van der Waals surface area contributed by atoms with Crippen LogP contribution in [0.1, 0.15) is 71.1 Å². The van der Waals surface area contributed by atoms with E-state index in [4.69, 9.17) is 5.11 Å². The molecular formula is C20H32O4. The van der Waals surface area contributed by atoms with Crippen molar-refractivity contribution in [3.8, 4) is 0 Å². The van der Waals surface area contributed by atoms with E-state index in [-0.39, 0.29) is 17.9 Å². The molecule has 0 fully saturated rings. The maximum Gasteiger partial charge on any atom is 0.303 e. The summed E-state index contributed by atoms with van der Waals surface area (Å²) in [4.78, 5) is 10.3. The van der Waals surface area contributed by atoms with E-state index in [9.17, 15) is 15.0 Å². The van der Waals surface area contributed by atoms with Crippen molar-refractivity contribution in [2.75, 3.05) is 0 Å². The van der Waals surface area contributed by atoms with Gasteiger partial charge in [-0.3, -0.25) is 4.79 Å². The summed E-state index contributed by atoms with van der Waals surface area (Å²) in [7, 11) is 0. The van der Waals surface area contributed by atoms with Gasteiger partial charge >= 0.3 is 5.97 Å². The molecule has 0 atom stereocenters. The first-order valence-corrected chi connectivity index (χ1v) is 8.84. The Balaban J connectivity index is 3.85. The van der Waals surface area contributed by atoms with Crippen molar-refractivity contribution in [1.29, 1.82) is 0 Å². The number of hydrogen-bond acceptors (Lipinski definition) is 3. The molecular weight excluding hydrogens is 304 g/mol. The number of aliphatic carboxylic acids is 1. The third kappa shape index (κ3) is 16.4. The third-order valence-corrected chi connectivity index (χ3v) is 3.43. The summed E-state index contributed by atoms with van der Waals surface area (Å²) in [6.45, 7) is 2.17. The Morgan fingerprint density at radius 3 is 2.17 bits per heavy atom. The lowest BCUT2D eigenvalue weighted by molar-refractivity contribution is -0.137. The summed E-state index contributed by atoms with van der Waals surface area (Å²) < 4.78 is 0. The van der Waals surface area contributed by atoms with Gasteiger partial charge in [-0.15, -0.1) is 0 Å². The average Bonchev–Trinajstić information content (AvgIpc) is 2.55. The van der Waals surface area contributed by atoms with Gasteiger partial charge in [0.1, 0.15) is 0 Å². The van der Waals surface area contributed by atoms with E-state index in [2.05, 4.69) is 13.0 Å². The van der Waals surface area contributed by atoms with Gasteiger partial charge in [-0.25, -0.2) is 0 Å². The summed E-state index contributed by atoms with van der Waals surface area (Å²) in [5.74, 6) is -0.280. The van der Waals surface area contributed by atoms with Crippen LogP contribution in [0, 0.1) is 0 Å². The number of carboxylic acid groups (broad SMARTS) is 1. The number of allylic oxidation sites excluding steroid dienone is 6. The van der Waals surface area contributed by atoms with Gasteiger partial charge in [0.25, 0.3) is 0 Å². The maximum atomic E-state index is 10.3. The van der Waals surface area contributed by atoms with Crippen LogP contribution >= 0.6 is 0 Å². The molecule has 0 amide bonds. The van der Waals surface area contributed by atoms with Crippen LogP contribution in [0.3, 0.4) is 0 Å². The molecule has 24 heavy (non-hydrogen) atoms. The first-order valence-electron chi connectivity index (χ1n) is 8.84. The zero-order valence-electron chi connectivity index (χ0n) is 14.8. The zero-order chi connectivity index (χ0) is 18.0. The van der Waals surface area contributed by atoms with E-state index >= 15 is 0 Å². The largest absolute Gasteiger partial charge is 0.512 e. The van der Waals surface area contributed by atoms with Gasteiger partial charge in [0.15, 0.2) is 0 Å². The molecule has 0 aromatic rings. The molecule has 4 heteroatoms. The molecule has 0 rings (SSSR count). The molecule has 0 spiro atoms. The summed E-state index contributed by atoms with van der Waals surface area (Å²) >= 11 is 0. The van der Waals surface area contributed by atoms with E-state index in [1.165, 1.54) is 19.3 Å². The van der Waals surface area contributed by atoms with Gasteiger partial charge in [0.05, 0.1) is 11.5 Å². The monoisotopic (exact) mass is 336 g/mol. The maximum absolute atomic E-state index is 10.3. The number of aliphatic hydroxyl groups excluding tert-OH is 2. The second-order valence-electron chi connectivity index (χ2n) is 5.76. The Bertz CT molecular complexity index is 445. The zero-order valence-corrected chi connectivity index (χ0v) is 14.8. The number of carboxylic acids is 1. The highest BCUT2D eigenvalue weighted by molar-refractivity contribution is 5.66. The van der Waals surface area contributed by atoms with Crippen LogP contribution in [0.15, 0.2) is 48.0 Å². The number of carbonyl (C=O) groups is 1. The molecule has 0 saturated heterocycles. The first kappa shape index (κ1) is 22.0. The van der Waals surface area contributed by atoms with E-state index in [0.29, 0.717) is 25.7 Å². The van der Waals surface area contributed by atoms with Gasteiger partial charge < -0.3 is 15.3 Å². The van der Waals surface area contributed by atoms with Crippen molar-refractivity contribution in [3.05, 3.63) is 48.0 Å². The fourth-order valence-electron chi connectivity index (χ4n) is 2.01. The van der Waals surface area contributed by atoms with Crippen LogP contribution in [-0.4, -0.2) is 21.3 Å². The SMILES string of the molecule is CCCCC/C=C\C/C(O)=C/C/C(O)=C/C/C=C\CCCC(=O)O. The van der Waals surface area contributed by atoms with Gasteiger partial charge in [-0.05, 0) is 44.3 Å². The highest BCUT2D eigenvalue weighted by atomic mass is 16.4. The standard InChI is InChI=1S/C20H32O4/c1-2-3-4-5-7-10-13-18(21)16-17-19(22)14-11-8-6-9-12-15-20(23)24/h6-8,10,14,16,21-22H,2-5,9,11-13,15,17H2,1H3,(H,23,24)/b8-6-,10-7-,18-16-,19-14-. The number of hydrogen-bond donors (Lipinski definition) is 3. The summed E-state index contributed by atoms with van der Waals surface area (Å²) in [5, 5.41) is 27.9. The molecule has 0 aliphatic carbocycles. The number of rotatable bonds is 14. The molecule has 0 radical (unpaired) electrons. The van der Waals surface area contributed by atoms with Crippen molar-refractivity contribution in [1.82, 2.24) is 0 Å². The van der Waals surface area contributed by atoms with Crippen LogP contribution in [0.4, 0.5) is 0 Å². The fraction of sp³-hybridized carbons (Fsp3) is 0.550. The summed E-state index contributed by atoms with van der Waals surface area (Å²) in [6.07, 6.45) is 18.8. The number of unbranched alkanes of at least 4 members (excludes halogenated alkanes) is 4. The van der Waals surface area contributed by atoms with E-state index in [1.54, 1.807) is 12.2 Å². The van der Waals surface area contributed by atoms with Crippen LogP contribution < -0.4 is 0 Å². The predicted octanol–water partition coefficient (Wildman–Crippen LogP) is 5.99. The predicted molar refractivity (Wildman–Crippen MR) is 99.2 cm³/mol. The van der Waals surface area contributed by atoms with E-state index in [0.717, 1.165) is 12.8 Å². The number of aliphatic hydroxyl groups is 2. The van der Waals surface area contributed by atoms with Crippen molar-refractivity contribution >= 4 is 5.97 Å². The Labute approximate surface area is 145 Å². The van der Waals surface area contributed by atoms with Crippen molar-refractivity contribution in [3.63, 3.8) is 0 Å². The Morgan fingerprint density at radius 1 is 0.792 bits per heavy atom. The molecule has 0 aliphatic heterocycles. The molecule has 3 N–H and O–H groups in total. The molecule has 136 valence electrons. The normalized spacial score (nSPS) is 13.2. The van der Waals surface area contributed by atoms with Crippen LogP contribution in [0.25, 0.3) is 0 Å². The third-order valence-electron chi connectivity index (χ3n) is 3.43. The Kier molecular flexibility index (Phi) is 14.6. The van der Waals surface area contributed by atoms with Crippen LogP contribution in [0.2, 0.25) is 0 Å². The average molecular weight is 336 g/mol.